The molecule has 0 amide bonds. The minimum Gasteiger partial charge on any atom is -0.490 e. The molecule has 0 aliphatic heterocycles. The first kappa shape index (κ1) is 18.3. The third-order valence-electron chi connectivity index (χ3n) is 4.66. The van der Waals surface area contributed by atoms with Crippen LogP contribution in [0.3, 0.4) is 0 Å². The molecule has 0 spiro atoms. The summed E-state index contributed by atoms with van der Waals surface area (Å²) in [7, 11) is 0. The zero-order valence-electron chi connectivity index (χ0n) is 15.7. The topological polar surface area (TPSA) is 52.5 Å². The summed E-state index contributed by atoms with van der Waals surface area (Å²) < 4.78 is 8.03. The number of ether oxygens (including phenoxy) is 1. The maximum Gasteiger partial charge on any atom is 0.180 e. The predicted molar refractivity (Wildman–Crippen MR) is 109 cm³/mol. The molecule has 2 heterocycles. The number of fused-ring (bicyclic) bond motifs is 1. The van der Waals surface area contributed by atoms with E-state index < -0.39 is 0 Å². The molecule has 2 N–H and O–H groups in total. The normalized spacial score (nSPS) is 11.1. The van der Waals surface area contributed by atoms with Gasteiger partial charge in [-0.05, 0) is 30.7 Å². The molecule has 0 fully saturated rings. The first-order chi connectivity index (χ1) is 12.8. The standard InChI is InChI=1S/C22H29N3O/c1-2-3-4-5-6-7-8-16-26-21-10-9-15-25-17-20(24-22(21)25)18-11-13-19(23)14-12-18/h9-15,17H,2-8,16,23H2,1H3. The van der Waals surface area contributed by atoms with Gasteiger partial charge in [-0.25, -0.2) is 4.98 Å². The molecule has 4 nitrogen and oxygen atoms in total. The van der Waals surface area contributed by atoms with Crippen molar-refractivity contribution < 1.29 is 4.74 Å². The van der Waals surface area contributed by atoms with Crippen LogP contribution in [0.5, 0.6) is 5.75 Å². The highest BCUT2D eigenvalue weighted by atomic mass is 16.5. The summed E-state index contributed by atoms with van der Waals surface area (Å²) in [5.74, 6) is 0.847. The monoisotopic (exact) mass is 351 g/mol. The lowest BCUT2D eigenvalue weighted by molar-refractivity contribution is 0.306. The molecule has 26 heavy (non-hydrogen) atoms. The number of unbranched alkanes of at least 4 members (excludes halogenated alkanes) is 6. The molecular weight excluding hydrogens is 322 g/mol. The molecule has 138 valence electrons. The van der Waals surface area contributed by atoms with Crippen LogP contribution in [-0.4, -0.2) is 16.0 Å². The Morgan fingerprint density at radius 2 is 1.69 bits per heavy atom. The van der Waals surface area contributed by atoms with E-state index >= 15 is 0 Å². The molecule has 0 atom stereocenters. The predicted octanol–water partition coefficient (Wildman–Crippen LogP) is 5.71. The quantitative estimate of drug-likeness (QED) is 0.376. The van der Waals surface area contributed by atoms with Crippen molar-refractivity contribution in [3.05, 3.63) is 48.8 Å². The van der Waals surface area contributed by atoms with Crippen LogP contribution < -0.4 is 10.5 Å². The van der Waals surface area contributed by atoms with Gasteiger partial charge in [0.25, 0.3) is 0 Å². The number of hydrogen-bond donors (Lipinski definition) is 1. The molecule has 2 aromatic heterocycles. The maximum absolute atomic E-state index is 6.01. The molecule has 3 aromatic rings. The highest BCUT2D eigenvalue weighted by Gasteiger charge is 2.09. The van der Waals surface area contributed by atoms with Gasteiger partial charge in [0.1, 0.15) is 0 Å². The van der Waals surface area contributed by atoms with E-state index in [4.69, 9.17) is 15.5 Å². The Morgan fingerprint density at radius 3 is 2.46 bits per heavy atom. The fourth-order valence-electron chi connectivity index (χ4n) is 3.13. The number of pyridine rings is 1. The van der Waals surface area contributed by atoms with Gasteiger partial charge in [0.2, 0.25) is 0 Å². The lowest BCUT2D eigenvalue weighted by atomic mass is 10.1. The summed E-state index contributed by atoms with van der Waals surface area (Å²) in [5, 5.41) is 0. The van der Waals surface area contributed by atoms with Crippen molar-refractivity contribution in [2.24, 2.45) is 0 Å². The third kappa shape index (κ3) is 4.78. The molecule has 1 aromatic carbocycles. The molecule has 4 heteroatoms. The van der Waals surface area contributed by atoms with Crippen molar-refractivity contribution in [3.8, 4) is 17.0 Å². The smallest absolute Gasteiger partial charge is 0.180 e. The van der Waals surface area contributed by atoms with Crippen LogP contribution in [0, 0.1) is 0 Å². The summed E-state index contributed by atoms with van der Waals surface area (Å²) in [5.41, 5.74) is 9.38. The lowest BCUT2D eigenvalue weighted by Gasteiger charge is -2.07. The Labute approximate surface area is 156 Å². The summed E-state index contributed by atoms with van der Waals surface area (Å²) in [4.78, 5) is 4.76. The average Bonchev–Trinajstić information content (AvgIpc) is 3.09. The zero-order chi connectivity index (χ0) is 18.2. The fourth-order valence-corrected chi connectivity index (χ4v) is 3.13. The van der Waals surface area contributed by atoms with Gasteiger partial charge >= 0.3 is 0 Å². The Balaban J connectivity index is 1.58. The molecule has 0 unspecified atom stereocenters. The molecule has 0 aliphatic carbocycles. The van der Waals surface area contributed by atoms with E-state index in [9.17, 15) is 0 Å². The van der Waals surface area contributed by atoms with Crippen LogP contribution in [-0.2, 0) is 0 Å². The fraction of sp³-hybridized carbons (Fsp3) is 0.409. The summed E-state index contributed by atoms with van der Waals surface area (Å²) >= 11 is 0. The van der Waals surface area contributed by atoms with Crippen LogP contribution in [0.1, 0.15) is 51.9 Å². The molecule has 0 saturated heterocycles. The SMILES string of the molecule is CCCCCCCCCOc1cccn2cc(-c3ccc(N)cc3)nc12. The van der Waals surface area contributed by atoms with E-state index in [1.54, 1.807) is 0 Å². The molecule has 3 rings (SSSR count). The van der Waals surface area contributed by atoms with Gasteiger partial charge in [-0.3, -0.25) is 0 Å². The summed E-state index contributed by atoms with van der Waals surface area (Å²) in [6.07, 6.45) is 13.0. The molecule has 0 radical (unpaired) electrons. The minimum atomic E-state index is 0.748. The first-order valence-corrected chi connectivity index (χ1v) is 9.74. The second-order valence-corrected chi connectivity index (χ2v) is 6.82. The molecule has 0 aliphatic rings. The number of nitrogen functional groups attached to an aromatic ring is 1. The Kier molecular flexibility index (Phi) is 6.53. The number of nitrogens with two attached hydrogens (primary N) is 1. The van der Waals surface area contributed by atoms with Crippen molar-refractivity contribution in [1.29, 1.82) is 0 Å². The van der Waals surface area contributed by atoms with Crippen molar-refractivity contribution >= 4 is 11.3 Å². The maximum atomic E-state index is 6.01. The van der Waals surface area contributed by atoms with E-state index in [1.807, 2.05) is 53.2 Å². The highest BCUT2D eigenvalue weighted by molar-refractivity contribution is 5.67. The van der Waals surface area contributed by atoms with Gasteiger partial charge in [0.15, 0.2) is 11.4 Å². The van der Waals surface area contributed by atoms with E-state index in [1.165, 1.54) is 38.5 Å². The van der Waals surface area contributed by atoms with Crippen LogP contribution in [0.15, 0.2) is 48.8 Å². The van der Waals surface area contributed by atoms with Crippen molar-refractivity contribution in [3.63, 3.8) is 0 Å². The Morgan fingerprint density at radius 1 is 0.962 bits per heavy atom. The van der Waals surface area contributed by atoms with Crippen molar-refractivity contribution in [1.82, 2.24) is 9.38 Å². The largest absolute Gasteiger partial charge is 0.490 e. The van der Waals surface area contributed by atoms with Crippen LogP contribution in [0.2, 0.25) is 0 Å². The number of anilines is 1. The number of rotatable bonds is 10. The molecular formula is C22H29N3O. The van der Waals surface area contributed by atoms with E-state index in [0.29, 0.717) is 0 Å². The van der Waals surface area contributed by atoms with Gasteiger partial charge in [-0.2, -0.15) is 0 Å². The van der Waals surface area contributed by atoms with Gasteiger partial charge in [-0.1, -0.05) is 57.6 Å². The Bertz CT molecular complexity index is 808. The number of aromatic nitrogens is 2. The van der Waals surface area contributed by atoms with Gasteiger partial charge in [0, 0.05) is 23.6 Å². The number of nitrogens with zero attached hydrogens (tertiary/aromatic N) is 2. The van der Waals surface area contributed by atoms with Crippen molar-refractivity contribution in [2.45, 2.75) is 51.9 Å². The van der Waals surface area contributed by atoms with Crippen LogP contribution >= 0.6 is 0 Å². The second-order valence-electron chi connectivity index (χ2n) is 6.82. The summed E-state index contributed by atoms with van der Waals surface area (Å²) in [6.45, 7) is 3.00. The molecule has 0 bridgehead atoms. The van der Waals surface area contributed by atoms with Gasteiger partial charge < -0.3 is 14.9 Å². The Hall–Kier alpha value is -2.49. The molecule has 0 saturated carbocycles. The third-order valence-corrected chi connectivity index (χ3v) is 4.66. The minimum absolute atomic E-state index is 0.748. The number of imidazole rings is 1. The van der Waals surface area contributed by atoms with Gasteiger partial charge in [-0.15, -0.1) is 0 Å². The van der Waals surface area contributed by atoms with Gasteiger partial charge in [0.05, 0.1) is 12.3 Å². The number of benzene rings is 1. The summed E-state index contributed by atoms with van der Waals surface area (Å²) in [6, 6.07) is 11.8. The van der Waals surface area contributed by atoms with E-state index in [-0.39, 0.29) is 0 Å². The lowest BCUT2D eigenvalue weighted by Crippen LogP contribution is -1.99. The average molecular weight is 351 g/mol. The zero-order valence-corrected chi connectivity index (χ0v) is 15.7. The van der Waals surface area contributed by atoms with Crippen LogP contribution in [0.4, 0.5) is 5.69 Å². The van der Waals surface area contributed by atoms with E-state index in [0.717, 1.165) is 41.4 Å². The second kappa shape index (κ2) is 9.27. The van der Waals surface area contributed by atoms with Crippen LogP contribution in [0.25, 0.3) is 16.9 Å². The highest BCUT2D eigenvalue weighted by Crippen LogP contribution is 2.25. The first-order valence-electron chi connectivity index (χ1n) is 9.74. The van der Waals surface area contributed by atoms with Crippen molar-refractivity contribution in [2.75, 3.05) is 12.3 Å². The number of hydrogen-bond acceptors (Lipinski definition) is 3. The van der Waals surface area contributed by atoms with E-state index in [2.05, 4.69) is 6.92 Å².